The second kappa shape index (κ2) is 4.39. The maximum atomic E-state index is 5.68. The monoisotopic (exact) mass is 206 g/mol. The molecule has 0 spiro atoms. The van der Waals surface area contributed by atoms with Crippen LogP contribution in [0.5, 0.6) is 0 Å². The van der Waals surface area contributed by atoms with E-state index < -0.39 is 5.79 Å². The lowest BCUT2D eigenvalue weighted by Gasteiger charge is -2.21. The van der Waals surface area contributed by atoms with Gasteiger partial charge in [-0.25, -0.2) is 0 Å². The van der Waals surface area contributed by atoms with Crippen LogP contribution in [-0.4, -0.2) is 5.79 Å². The van der Waals surface area contributed by atoms with Gasteiger partial charge < -0.3 is 9.47 Å². The third kappa shape index (κ3) is 2.52. The van der Waals surface area contributed by atoms with Gasteiger partial charge in [-0.15, -0.1) is 0 Å². The molecule has 0 bridgehead atoms. The summed E-state index contributed by atoms with van der Waals surface area (Å²) >= 11 is 0. The topological polar surface area (TPSA) is 18.5 Å². The SMILES string of the molecule is C=C1OC(C)(C(=C)C)OC1=CCC=CC. The quantitative estimate of drug-likeness (QED) is 0.656. The summed E-state index contributed by atoms with van der Waals surface area (Å²) in [7, 11) is 0. The largest absolute Gasteiger partial charge is 0.446 e. The molecule has 15 heavy (non-hydrogen) atoms. The molecule has 1 atom stereocenters. The maximum Gasteiger partial charge on any atom is 0.270 e. The standard InChI is InChI=1S/C13H18O2/c1-6-7-8-9-12-11(4)14-13(5,15-12)10(2)3/h6-7,9H,2,4,8H2,1,3,5H3. The van der Waals surface area contributed by atoms with Gasteiger partial charge in [0.2, 0.25) is 0 Å². The van der Waals surface area contributed by atoms with E-state index in [1.807, 2.05) is 39.0 Å². The Morgan fingerprint density at radius 2 is 2.13 bits per heavy atom. The molecule has 1 aliphatic heterocycles. The molecule has 0 amide bonds. The van der Waals surface area contributed by atoms with Crippen LogP contribution in [0, 0.1) is 0 Å². The molecule has 1 saturated heterocycles. The van der Waals surface area contributed by atoms with Crippen LogP contribution in [0.4, 0.5) is 0 Å². The lowest BCUT2D eigenvalue weighted by Crippen LogP contribution is -2.25. The summed E-state index contributed by atoms with van der Waals surface area (Å²) in [4.78, 5) is 0. The third-order valence-electron chi connectivity index (χ3n) is 2.35. The van der Waals surface area contributed by atoms with Gasteiger partial charge >= 0.3 is 0 Å². The van der Waals surface area contributed by atoms with Gasteiger partial charge in [-0.1, -0.05) is 25.3 Å². The summed E-state index contributed by atoms with van der Waals surface area (Å²) < 4.78 is 11.2. The number of hydrogen-bond donors (Lipinski definition) is 0. The van der Waals surface area contributed by atoms with Crippen molar-refractivity contribution in [2.45, 2.75) is 33.0 Å². The van der Waals surface area contributed by atoms with Gasteiger partial charge in [0.25, 0.3) is 5.79 Å². The fourth-order valence-electron chi connectivity index (χ4n) is 1.21. The first-order valence-electron chi connectivity index (χ1n) is 5.04. The highest BCUT2D eigenvalue weighted by atomic mass is 16.7. The highest BCUT2D eigenvalue weighted by Gasteiger charge is 2.38. The van der Waals surface area contributed by atoms with E-state index in [0.717, 1.165) is 12.0 Å². The molecule has 0 aromatic rings. The molecule has 2 heteroatoms. The summed E-state index contributed by atoms with van der Waals surface area (Å²) in [6, 6.07) is 0. The van der Waals surface area contributed by atoms with Crippen LogP contribution in [0.1, 0.15) is 27.2 Å². The Labute approximate surface area is 91.6 Å². The van der Waals surface area contributed by atoms with E-state index in [0.29, 0.717) is 11.5 Å². The lowest BCUT2D eigenvalue weighted by molar-refractivity contribution is -0.0870. The molecule has 1 heterocycles. The zero-order chi connectivity index (χ0) is 11.5. The normalized spacial score (nSPS) is 28.2. The van der Waals surface area contributed by atoms with Crippen LogP contribution in [-0.2, 0) is 9.47 Å². The molecule has 0 radical (unpaired) electrons. The van der Waals surface area contributed by atoms with Crippen molar-refractivity contribution >= 4 is 0 Å². The minimum Gasteiger partial charge on any atom is -0.446 e. The number of rotatable bonds is 3. The van der Waals surface area contributed by atoms with Gasteiger partial charge in [-0.3, -0.25) is 0 Å². The van der Waals surface area contributed by atoms with E-state index in [-0.39, 0.29) is 0 Å². The van der Waals surface area contributed by atoms with E-state index in [2.05, 4.69) is 13.2 Å². The molecule has 1 rings (SSSR count). The maximum absolute atomic E-state index is 5.68. The van der Waals surface area contributed by atoms with Crippen molar-refractivity contribution in [2.24, 2.45) is 0 Å². The zero-order valence-corrected chi connectivity index (χ0v) is 9.67. The summed E-state index contributed by atoms with van der Waals surface area (Å²) in [6.45, 7) is 13.4. The molecule has 0 aromatic carbocycles. The fourth-order valence-corrected chi connectivity index (χ4v) is 1.21. The molecule has 82 valence electrons. The second-order valence-corrected chi connectivity index (χ2v) is 3.73. The molecule has 0 aliphatic carbocycles. The average Bonchev–Trinajstić information content (AvgIpc) is 2.44. The Kier molecular flexibility index (Phi) is 3.40. The van der Waals surface area contributed by atoms with Gasteiger partial charge in [-0.05, 0) is 26.3 Å². The van der Waals surface area contributed by atoms with E-state index >= 15 is 0 Å². The zero-order valence-electron chi connectivity index (χ0n) is 9.67. The molecule has 1 fully saturated rings. The number of ether oxygens (including phenoxy) is 2. The molecule has 0 saturated carbocycles. The molecule has 1 unspecified atom stereocenters. The molecule has 0 N–H and O–H groups in total. The van der Waals surface area contributed by atoms with Gasteiger partial charge in [-0.2, -0.15) is 0 Å². The summed E-state index contributed by atoms with van der Waals surface area (Å²) in [5.41, 5.74) is 0.832. The smallest absolute Gasteiger partial charge is 0.270 e. The minimum absolute atomic E-state index is 0.574. The number of hydrogen-bond acceptors (Lipinski definition) is 2. The summed E-state index contributed by atoms with van der Waals surface area (Å²) in [5.74, 6) is 0.530. The molecule has 0 aromatic heterocycles. The Morgan fingerprint density at radius 3 is 2.60 bits per heavy atom. The van der Waals surface area contributed by atoms with Crippen LogP contribution < -0.4 is 0 Å². The molecular weight excluding hydrogens is 188 g/mol. The summed E-state index contributed by atoms with van der Waals surface area (Å²) in [6.07, 6.45) is 6.81. The van der Waals surface area contributed by atoms with Crippen molar-refractivity contribution in [3.05, 3.63) is 48.5 Å². The predicted molar refractivity (Wildman–Crippen MR) is 62.0 cm³/mol. The van der Waals surface area contributed by atoms with Crippen LogP contribution in [0.2, 0.25) is 0 Å². The lowest BCUT2D eigenvalue weighted by atomic mass is 10.2. The molecule has 1 aliphatic rings. The fraction of sp³-hybridized carbons (Fsp3) is 0.385. The van der Waals surface area contributed by atoms with Crippen molar-refractivity contribution < 1.29 is 9.47 Å². The van der Waals surface area contributed by atoms with Gasteiger partial charge in [0.05, 0.1) is 0 Å². The summed E-state index contributed by atoms with van der Waals surface area (Å²) in [5, 5.41) is 0. The molecule has 2 nitrogen and oxygen atoms in total. The predicted octanol–water partition coefficient (Wildman–Crippen LogP) is 3.69. The van der Waals surface area contributed by atoms with Crippen LogP contribution in [0.25, 0.3) is 0 Å². The van der Waals surface area contributed by atoms with Crippen molar-refractivity contribution in [3.63, 3.8) is 0 Å². The first-order valence-corrected chi connectivity index (χ1v) is 5.04. The third-order valence-corrected chi connectivity index (χ3v) is 2.35. The van der Waals surface area contributed by atoms with Crippen molar-refractivity contribution in [1.29, 1.82) is 0 Å². The van der Waals surface area contributed by atoms with Crippen LogP contribution in [0.3, 0.4) is 0 Å². The Bertz CT molecular complexity index is 336. The van der Waals surface area contributed by atoms with E-state index in [4.69, 9.17) is 9.47 Å². The Hall–Kier alpha value is -1.44. The van der Waals surface area contributed by atoms with E-state index in [9.17, 15) is 0 Å². The minimum atomic E-state index is -0.751. The Balaban J connectivity index is 2.76. The van der Waals surface area contributed by atoms with Crippen LogP contribution in [0.15, 0.2) is 48.5 Å². The van der Waals surface area contributed by atoms with E-state index in [1.165, 1.54) is 0 Å². The van der Waals surface area contributed by atoms with E-state index in [1.54, 1.807) is 0 Å². The molecular formula is C13H18O2. The second-order valence-electron chi connectivity index (χ2n) is 3.73. The van der Waals surface area contributed by atoms with Gasteiger partial charge in [0, 0.05) is 12.5 Å². The highest BCUT2D eigenvalue weighted by Crippen LogP contribution is 2.37. The van der Waals surface area contributed by atoms with Crippen molar-refractivity contribution in [2.75, 3.05) is 0 Å². The van der Waals surface area contributed by atoms with Crippen LogP contribution >= 0.6 is 0 Å². The van der Waals surface area contributed by atoms with Gasteiger partial charge in [0.15, 0.2) is 11.5 Å². The van der Waals surface area contributed by atoms with Gasteiger partial charge in [0.1, 0.15) is 0 Å². The Morgan fingerprint density at radius 1 is 1.47 bits per heavy atom. The first-order chi connectivity index (χ1) is 6.99. The average molecular weight is 206 g/mol. The number of allylic oxidation sites excluding steroid dienone is 3. The van der Waals surface area contributed by atoms with Crippen molar-refractivity contribution in [3.8, 4) is 0 Å². The highest BCUT2D eigenvalue weighted by molar-refractivity contribution is 5.26. The first kappa shape index (κ1) is 11.6. The van der Waals surface area contributed by atoms with Crippen molar-refractivity contribution in [1.82, 2.24) is 0 Å².